The minimum Gasteiger partial charge on any atom is -0.324 e. The van der Waals surface area contributed by atoms with Crippen LogP contribution < -0.4 is 11.1 Å². The zero-order chi connectivity index (χ0) is 17.7. The highest BCUT2D eigenvalue weighted by Gasteiger charge is 2.30. The second kappa shape index (κ2) is 8.04. The van der Waals surface area contributed by atoms with E-state index in [0.717, 1.165) is 30.9 Å². The molecule has 1 atom stereocenters. The summed E-state index contributed by atoms with van der Waals surface area (Å²) < 4.78 is 0. The Bertz CT molecular complexity index is 712. The summed E-state index contributed by atoms with van der Waals surface area (Å²) in [6.45, 7) is 4.90. The summed E-state index contributed by atoms with van der Waals surface area (Å²) >= 11 is 2.01. The molecule has 1 fully saturated rings. The third-order valence-corrected chi connectivity index (χ3v) is 5.48. The molecule has 0 aliphatic carbocycles. The van der Waals surface area contributed by atoms with E-state index in [2.05, 4.69) is 16.3 Å². The van der Waals surface area contributed by atoms with E-state index in [4.69, 9.17) is 5.73 Å². The second-order valence-electron chi connectivity index (χ2n) is 6.61. The average molecular weight is 356 g/mol. The number of nitrogens with zero attached hydrogens (tertiary/aromatic N) is 1. The van der Waals surface area contributed by atoms with Crippen LogP contribution in [0.5, 0.6) is 0 Å². The summed E-state index contributed by atoms with van der Waals surface area (Å²) in [6.07, 6.45) is 0. The summed E-state index contributed by atoms with van der Waals surface area (Å²) in [6, 6.07) is 17.5. The molecule has 1 unspecified atom stereocenters. The fourth-order valence-corrected chi connectivity index (χ4v) is 3.92. The molecule has 1 heterocycles. The minimum absolute atomic E-state index is 0.203. The monoisotopic (exact) mass is 355 g/mol. The number of carbonyl (C=O) groups excluding carboxylic acids is 1. The molecular weight excluding hydrogens is 330 g/mol. The quantitative estimate of drug-likeness (QED) is 0.865. The predicted octanol–water partition coefficient (Wildman–Crippen LogP) is 3.05. The van der Waals surface area contributed by atoms with Crippen LogP contribution in [0, 0.1) is 0 Å². The number of nitrogens with one attached hydrogen (secondary N) is 1. The van der Waals surface area contributed by atoms with Crippen molar-refractivity contribution in [3.8, 4) is 0 Å². The molecule has 1 amide bonds. The van der Waals surface area contributed by atoms with Crippen molar-refractivity contribution in [3.05, 3.63) is 65.7 Å². The van der Waals surface area contributed by atoms with E-state index in [1.54, 1.807) is 6.92 Å². The van der Waals surface area contributed by atoms with Gasteiger partial charge in [-0.1, -0.05) is 42.5 Å². The summed E-state index contributed by atoms with van der Waals surface area (Å²) in [4.78, 5) is 15.1. The lowest BCUT2D eigenvalue weighted by Gasteiger charge is -2.26. The van der Waals surface area contributed by atoms with Gasteiger partial charge in [0, 0.05) is 36.8 Å². The normalized spacial score (nSPS) is 17.7. The maximum Gasteiger partial charge on any atom is 0.248 e. The van der Waals surface area contributed by atoms with Crippen LogP contribution >= 0.6 is 11.8 Å². The van der Waals surface area contributed by atoms with Crippen LogP contribution in [0.1, 0.15) is 18.1 Å². The standard InChI is InChI=1S/C20H25N3OS/c1-20(21,17-7-3-2-4-8-17)19(24)22-18-9-5-6-16(14-18)15-23-10-12-25-13-11-23/h2-9,14H,10-13,15,21H2,1H3,(H,22,24). The first-order valence-corrected chi connectivity index (χ1v) is 9.76. The Hall–Kier alpha value is -1.82. The van der Waals surface area contributed by atoms with Crippen LogP contribution in [0.3, 0.4) is 0 Å². The number of rotatable bonds is 5. The number of carbonyl (C=O) groups is 1. The van der Waals surface area contributed by atoms with Gasteiger partial charge in [0.05, 0.1) is 0 Å². The molecule has 2 aromatic rings. The Morgan fingerprint density at radius 3 is 2.60 bits per heavy atom. The molecule has 25 heavy (non-hydrogen) atoms. The molecule has 1 aliphatic heterocycles. The van der Waals surface area contributed by atoms with Crippen molar-refractivity contribution >= 4 is 23.4 Å². The molecule has 0 aromatic heterocycles. The predicted molar refractivity (Wildman–Crippen MR) is 106 cm³/mol. The molecule has 5 heteroatoms. The molecule has 0 radical (unpaired) electrons. The zero-order valence-electron chi connectivity index (χ0n) is 14.6. The number of nitrogens with two attached hydrogens (primary N) is 1. The maximum absolute atomic E-state index is 12.7. The van der Waals surface area contributed by atoms with Crippen molar-refractivity contribution in [3.63, 3.8) is 0 Å². The number of hydrogen-bond acceptors (Lipinski definition) is 4. The van der Waals surface area contributed by atoms with Gasteiger partial charge in [0.2, 0.25) is 5.91 Å². The molecule has 2 aromatic carbocycles. The fraction of sp³-hybridized carbons (Fsp3) is 0.350. The molecule has 0 saturated carbocycles. The van der Waals surface area contributed by atoms with Crippen molar-refractivity contribution in [2.24, 2.45) is 5.73 Å². The lowest BCUT2D eigenvalue weighted by atomic mass is 9.92. The van der Waals surface area contributed by atoms with Crippen LogP contribution in [0.2, 0.25) is 0 Å². The van der Waals surface area contributed by atoms with Crippen LogP contribution in [0.4, 0.5) is 5.69 Å². The van der Waals surface area contributed by atoms with E-state index >= 15 is 0 Å². The number of amides is 1. The number of hydrogen-bond donors (Lipinski definition) is 2. The van der Waals surface area contributed by atoms with E-state index in [0.29, 0.717) is 0 Å². The lowest BCUT2D eigenvalue weighted by molar-refractivity contribution is -0.120. The van der Waals surface area contributed by atoms with Gasteiger partial charge >= 0.3 is 0 Å². The third-order valence-electron chi connectivity index (χ3n) is 4.54. The van der Waals surface area contributed by atoms with E-state index in [9.17, 15) is 4.79 Å². The van der Waals surface area contributed by atoms with Crippen LogP contribution in [0.15, 0.2) is 54.6 Å². The van der Waals surface area contributed by atoms with Gasteiger partial charge in [-0.05, 0) is 30.2 Å². The van der Waals surface area contributed by atoms with Crippen LogP contribution in [-0.2, 0) is 16.9 Å². The maximum atomic E-state index is 12.7. The molecule has 132 valence electrons. The van der Waals surface area contributed by atoms with Crippen LogP contribution in [-0.4, -0.2) is 35.4 Å². The lowest BCUT2D eigenvalue weighted by Crippen LogP contribution is -2.45. The number of benzene rings is 2. The van der Waals surface area contributed by atoms with Gasteiger partial charge in [0.15, 0.2) is 0 Å². The minimum atomic E-state index is -1.07. The fourth-order valence-electron chi connectivity index (χ4n) is 2.94. The smallest absolute Gasteiger partial charge is 0.248 e. The summed E-state index contributed by atoms with van der Waals surface area (Å²) in [7, 11) is 0. The summed E-state index contributed by atoms with van der Waals surface area (Å²) in [5, 5.41) is 2.97. The Morgan fingerprint density at radius 2 is 1.88 bits per heavy atom. The van der Waals surface area contributed by atoms with Gasteiger partial charge in [0.1, 0.15) is 5.54 Å². The van der Waals surface area contributed by atoms with Crippen molar-refractivity contribution in [2.45, 2.75) is 19.0 Å². The summed E-state index contributed by atoms with van der Waals surface area (Å²) in [5.74, 6) is 2.18. The number of anilines is 1. The van der Waals surface area contributed by atoms with Gasteiger partial charge in [-0.25, -0.2) is 0 Å². The Kier molecular flexibility index (Phi) is 5.78. The topological polar surface area (TPSA) is 58.4 Å². The zero-order valence-corrected chi connectivity index (χ0v) is 15.4. The molecule has 4 nitrogen and oxygen atoms in total. The highest BCUT2D eigenvalue weighted by Crippen LogP contribution is 2.21. The van der Waals surface area contributed by atoms with Crippen molar-refractivity contribution in [1.29, 1.82) is 0 Å². The molecule has 0 bridgehead atoms. The van der Waals surface area contributed by atoms with Crippen LogP contribution in [0.25, 0.3) is 0 Å². The first-order chi connectivity index (χ1) is 12.1. The van der Waals surface area contributed by atoms with Crippen molar-refractivity contribution in [2.75, 3.05) is 29.9 Å². The largest absolute Gasteiger partial charge is 0.324 e. The highest BCUT2D eigenvalue weighted by molar-refractivity contribution is 7.99. The first kappa shape index (κ1) is 18.0. The second-order valence-corrected chi connectivity index (χ2v) is 7.84. The SMILES string of the molecule is CC(N)(C(=O)Nc1cccc(CN2CCSCC2)c1)c1ccccc1. The summed E-state index contributed by atoms with van der Waals surface area (Å²) in [5.41, 5.74) is 8.03. The van der Waals surface area contributed by atoms with E-state index in [1.165, 1.54) is 17.1 Å². The van der Waals surface area contributed by atoms with Gasteiger partial charge in [0.25, 0.3) is 0 Å². The van der Waals surface area contributed by atoms with Gasteiger partial charge in [-0.15, -0.1) is 0 Å². The highest BCUT2D eigenvalue weighted by atomic mass is 32.2. The Morgan fingerprint density at radius 1 is 1.16 bits per heavy atom. The van der Waals surface area contributed by atoms with Crippen molar-refractivity contribution in [1.82, 2.24) is 4.90 Å². The molecule has 1 aliphatic rings. The number of thioether (sulfide) groups is 1. The third kappa shape index (κ3) is 4.63. The van der Waals surface area contributed by atoms with Crippen molar-refractivity contribution < 1.29 is 4.79 Å². The Balaban J connectivity index is 1.68. The van der Waals surface area contributed by atoms with Gasteiger partial charge in [-0.3, -0.25) is 9.69 Å². The van der Waals surface area contributed by atoms with E-state index in [-0.39, 0.29) is 5.91 Å². The molecular formula is C20H25N3OS. The van der Waals surface area contributed by atoms with E-state index in [1.807, 2.05) is 60.3 Å². The first-order valence-electron chi connectivity index (χ1n) is 8.60. The molecule has 1 saturated heterocycles. The Labute approximate surface area is 153 Å². The van der Waals surface area contributed by atoms with E-state index < -0.39 is 5.54 Å². The average Bonchev–Trinajstić information content (AvgIpc) is 2.63. The molecule has 3 rings (SSSR count). The van der Waals surface area contributed by atoms with Gasteiger partial charge in [-0.2, -0.15) is 11.8 Å². The molecule has 0 spiro atoms. The molecule has 3 N–H and O–H groups in total. The van der Waals surface area contributed by atoms with Gasteiger partial charge < -0.3 is 11.1 Å².